The molecule has 84 valence electrons. The van der Waals surface area contributed by atoms with Crippen molar-refractivity contribution < 1.29 is 27.6 Å². The van der Waals surface area contributed by atoms with Crippen LogP contribution in [0.1, 0.15) is 11.3 Å². The predicted octanol–water partition coefficient (Wildman–Crippen LogP) is 2.31. The van der Waals surface area contributed by atoms with Crippen LogP contribution in [0.2, 0.25) is 0 Å². The summed E-state index contributed by atoms with van der Waals surface area (Å²) in [6.45, 7) is 0. The topological polar surface area (TPSA) is 45.5 Å². The zero-order chi connectivity index (χ0) is 10.5. The number of oxime groups is 1. The maximum Gasteiger partial charge on any atom is 1.00 e. The fraction of sp³-hybridized carbons (Fsp3) is 0. The molecule has 2 rings (SSSR count). The minimum atomic E-state index is 0. The number of benzene rings is 1. The van der Waals surface area contributed by atoms with Crippen molar-refractivity contribution in [2.24, 2.45) is 5.16 Å². The number of pyridine rings is 1. The van der Waals surface area contributed by atoms with Gasteiger partial charge >= 0.3 is 22.4 Å². The van der Waals surface area contributed by atoms with Crippen LogP contribution in [0, 0.1) is 0 Å². The molecule has 0 saturated carbocycles. The standard InChI is InChI=1S/C12H10N2O.Ag/c15-14-12(10-6-2-1-3-7-10)11-8-4-5-9-13-11;/h1-9,15H;/q;+1/b14-12+;. The second-order valence-electron chi connectivity index (χ2n) is 3.03. The van der Waals surface area contributed by atoms with Gasteiger partial charge in [0, 0.05) is 11.8 Å². The van der Waals surface area contributed by atoms with Crippen LogP contribution in [0.3, 0.4) is 0 Å². The normalized spacial score (nSPS) is 10.6. The molecule has 0 aliphatic rings. The summed E-state index contributed by atoms with van der Waals surface area (Å²) >= 11 is 0. The van der Waals surface area contributed by atoms with E-state index in [0.717, 1.165) is 5.56 Å². The van der Waals surface area contributed by atoms with Gasteiger partial charge in [0.15, 0.2) is 0 Å². The van der Waals surface area contributed by atoms with Crippen LogP contribution in [-0.2, 0) is 22.4 Å². The van der Waals surface area contributed by atoms with Gasteiger partial charge < -0.3 is 5.21 Å². The Bertz CT molecular complexity index is 415. The summed E-state index contributed by atoms with van der Waals surface area (Å²) in [6.07, 6.45) is 1.67. The van der Waals surface area contributed by atoms with Gasteiger partial charge in [0.1, 0.15) is 5.71 Å². The predicted molar refractivity (Wildman–Crippen MR) is 58.1 cm³/mol. The molecule has 0 spiro atoms. The Labute approximate surface area is 109 Å². The Balaban J connectivity index is 0.00000128. The summed E-state index contributed by atoms with van der Waals surface area (Å²) < 4.78 is 0. The fourth-order valence-electron chi connectivity index (χ4n) is 1.36. The van der Waals surface area contributed by atoms with E-state index in [0.29, 0.717) is 11.4 Å². The summed E-state index contributed by atoms with van der Waals surface area (Å²) in [6, 6.07) is 14.9. The molecule has 16 heavy (non-hydrogen) atoms. The van der Waals surface area contributed by atoms with E-state index < -0.39 is 0 Å². The molecule has 0 atom stereocenters. The second kappa shape index (κ2) is 6.23. The average Bonchev–Trinajstić information content (AvgIpc) is 2.33. The Hall–Kier alpha value is -1.42. The van der Waals surface area contributed by atoms with Gasteiger partial charge in [-0.2, -0.15) is 0 Å². The SMILES string of the molecule is O/N=C(\c1ccccc1)c1ccccn1.[Ag+]. The minimum absolute atomic E-state index is 0. The molecule has 0 aliphatic carbocycles. The summed E-state index contributed by atoms with van der Waals surface area (Å²) in [5.41, 5.74) is 1.99. The van der Waals surface area contributed by atoms with Crippen LogP contribution in [0.5, 0.6) is 0 Å². The van der Waals surface area contributed by atoms with Crippen molar-refractivity contribution in [1.29, 1.82) is 0 Å². The average molecular weight is 306 g/mol. The van der Waals surface area contributed by atoms with Gasteiger partial charge in [0.25, 0.3) is 0 Å². The van der Waals surface area contributed by atoms with Crippen molar-refractivity contribution in [3.63, 3.8) is 0 Å². The number of rotatable bonds is 2. The maximum absolute atomic E-state index is 8.98. The molecule has 1 aromatic carbocycles. The van der Waals surface area contributed by atoms with E-state index in [1.165, 1.54) is 0 Å². The third-order valence-electron chi connectivity index (χ3n) is 2.05. The second-order valence-corrected chi connectivity index (χ2v) is 3.03. The van der Waals surface area contributed by atoms with Gasteiger partial charge in [-0.1, -0.05) is 41.6 Å². The molecule has 0 saturated heterocycles. The molecule has 0 aliphatic heterocycles. The largest absolute Gasteiger partial charge is 1.00 e. The molecular weight excluding hydrogens is 296 g/mol. The first-order valence-corrected chi connectivity index (χ1v) is 4.60. The summed E-state index contributed by atoms with van der Waals surface area (Å²) in [4.78, 5) is 4.14. The van der Waals surface area contributed by atoms with Crippen molar-refractivity contribution in [3.05, 3.63) is 66.0 Å². The summed E-state index contributed by atoms with van der Waals surface area (Å²) in [5, 5.41) is 12.3. The van der Waals surface area contributed by atoms with Gasteiger partial charge in [-0.15, -0.1) is 0 Å². The fourth-order valence-corrected chi connectivity index (χ4v) is 1.36. The number of aromatic nitrogens is 1. The van der Waals surface area contributed by atoms with Gasteiger partial charge in [-0.25, -0.2) is 0 Å². The zero-order valence-electron chi connectivity index (χ0n) is 8.34. The third kappa shape index (κ3) is 2.79. The van der Waals surface area contributed by atoms with E-state index >= 15 is 0 Å². The molecule has 0 fully saturated rings. The number of hydrogen-bond acceptors (Lipinski definition) is 3. The Kier molecular flexibility index (Phi) is 4.92. The first-order chi connectivity index (χ1) is 7.42. The van der Waals surface area contributed by atoms with Crippen LogP contribution in [0.4, 0.5) is 0 Å². The summed E-state index contributed by atoms with van der Waals surface area (Å²) in [5.74, 6) is 0. The molecule has 1 N–H and O–H groups in total. The third-order valence-corrected chi connectivity index (χ3v) is 2.05. The number of hydrogen-bond donors (Lipinski definition) is 1. The molecule has 4 heteroatoms. The zero-order valence-corrected chi connectivity index (χ0v) is 9.82. The van der Waals surface area contributed by atoms with E-state index in [-0.39, 0.29) is 22.4 Å². The molecule has 2 aromatic rings. The molecule has 3 nitrogen and oxygen atoms in total. The molecule has 0 bridgehead atoms. The van der Waals surface area contributed by atoms with Crippen molar-refractivity contribution in [3.8, 4) is 0 Å². The van der Waals surface area contributed by atoms with Crippen LogP contribution in [0.25, 0.3) is 0 Å². The maximum atomic E-state index is 8.98. The molecular formula is C12H10AgN2O+. The van der Waals surface area contributed by atoms with E-state index in [4.69, 9.17) is 5.21 Å². The molecule has 1 heterocycles. The van der Waals surface area contributed by atoms with Crippen molar-refractivity contribution in [2.75, 3.05) is 0 Å². The van der Waals surface area contributed by atoms with Crippen LogP contribution >= 0.6 is 0 Å². The van der Waals surface area contributed by atoms with Crippen molar-refractivity contribution in [2.45, 2.75) is 0 Å². The Morgan fingerprint density at radius 2 is 1.69 bits per heavy atom. The van der Waals surface area contributed by atoms with Gasteiger partial charge in [-0.05, 0) is 12.1 Å². The Morgan fingerprint density at radius 1 is 1.00 bits per heavy atom. The van der Waals surface area contributed by atoms with Gasteiger partial charge in [0.05, 0.1) is 5.69 Å². The van der Waals surface area contributed by atoms with Crippen LogP contribution < -0.4 is 0 Å². The molecule has 0 radical (unpaired) electrons. The van der Waals surface area contributed by atoms with Crippen LogP contribution in [0.15, 0.2) is 59.9 Å². The van der Waals surface area contributed by atoms with E-state index in [2.05, 4.69) is 10.1 Å². The first-order valence-electron chi connectivity index (χ1n) is 4.60. The Morgan fingerprint density at radius 3 is 2.25 bits per heavy atom. The van der Waals surface area contributed by atoms with Crippen molar-refractivity contribution >= 4 is 5.71 Å². The van der Waals surface area contributed by atoms with E-state index in [1.807, 2.05) is 48.5 Å². The monoisotopic (exact) mass is 305 g/mol. The van der Waals surface area contributed by atoms with Gasteiger partial charge in [-0.3, -0.25) is 4.98 Å². The molecule has 1 aromatic heterocycles. The first kappa shape index (κ1) is 12.6. The van der Waals surface area contributed by atoms with E-state index in [9.17, 15) is 0 Å². The smallest absolute Gasteiger partial charge is 0.410 e. The minimum Gasteiger partial charge on any atom is -0.410 e. The van der Waals surface area contributed by atoms with E-state index in [1.54, 1.807) is 6.20 Å². The number of nitrogens with zero attached hydrogens (tertiary/aromatic N) is 2. The van der Waals surface area contributed by atoms with Crippen LogP contribution in [-0.4, -0.2) is 15.9 Å². The van der Waals surface area contributed by atoms with Crippen molar-refractivity contribution in [1.82, 2.24) is 4.98 Å². The van der Waals surface area contributed by atoms with Gasteiger partial charge in [0.2, 0.25) is 0 Å². The quantitative estimate of drug-likeness (QED) is 0.400. The molecule has 0 unspecified atom stereocenters. The molecule has 0 amide bonds. The summed E-state index contributed by atoms with van der Waals surface area (Å²) in [7, 11) is 0.